The van der Waals surface area contributed by atoms with Crippen LogP contribution in [0.3, 0.4) is 0 Å². The molecule has 0 spiro atoms. The van der Waals surface area contributed by atoms with E-state index < -0.39 is 0 Å². The van der Waals surface area contributed by atoms with Crippen molar-refractivity contribution in [3.05, 3.63) is 29.1 Å². The first kappa shape index (κ1) is 9.53. The minimum absolute atomic E-state index is 0.595. The molecule has 0 atom stereocenters. The van der Waals surface area contributed by atoms with E-state index in [2.05, 4.69) is 26.0 Å². The van der Waals surface area contributed by atoms with Gasteiger partial charge in [-0.3, -0.25) is 0 Å². The summed E-state index contributed by atoms with van der Waals surface area (Å²) >= 11 is 1.85. The van der Waals surface area contributed by atoms with E-state index in [4.69, 9.17) is 4.74 Å². The summed E-state index contributed by atoms with van der Waals surface area (Å²) in [6.07, 6.45) is 0. The monoisotopic (exact) mass is 206 g/mol. The molecule has 0 unspecified atom stereocenters. The van der Waals surface area contributed by atoms with Crippen LogP contribution in [0.1, 0.15) is 24.6 Å². The molecular formula is C12H14OS. The summed E-state index contributed by atoms with van der Waals surface area (Å²) in [6.45, 7) is 4.44. The Kier molecular flexibility index (Phi) is 2.46. The lowest BCUT2D eigenvalue weighted by Gasteiger charge is -1.99. The van der Waals surface area contributed by atoms with Crippen LogP contribution in [-0.2, 0) is 0 Å². The molecule has 2 aromatic rings. The van der Waals surface area contributed by atoms with Gasteiger partial charge in [-0.2, -0.15) is 0 Å². The summed E-state index contributed by atoms with van der Waals surface area (Å²) in [4.78, 5) is 1.42. The molecule has 0 N–H and O–H groups in total. The highest BCUT2D eigenvalue weighted by Crippen LogP contribution is 2.35. The Morgan fingerprint density at radius 2 is 2.07 bits per heavy atom. The highest BCUT2D eigenvalue weighted by atomic mass is 32.1. The quantitative estimate of drug-likeness (QED) is 0.720. The van der Waals surface area contributed by atoms with E-state index in [-0.39, 0.29) is 0 Å². The summed E-state index contributed by atoms with van der Waals surface area (Å²) in [5.74, 6) is 1.57. The number of benzene rings is 1. The summed E-state index contributed by atoms with van der Waals surface area (Å²) in [6, 6.07) is 8.44. The summed E-state index contributed by atoms with van der Waals surface area (Å²) in [5, 5.41) is 1.24. The maximum atomic E-state index is 5.33. The third-order valence-corrected chi connectivity index (χ3v) is 3.73. The second kappa shape index (κ2) is 3.62. The van der Waals surface area contributed by atoms with E-state index in [1.807, 2.05) is 23.5 Å². The number of hydrogen-bond acceptors (Lipinski definition) is 2. The van der Waals surface area contributed by atoms with Gasteiger partial charge in [-0.05, 0) is 24.1 Å². The Morgan fingerprint density at radius 1 is 1.29 bits per heavy atom. The topological polar surface area (TPSA) is 9.23 Å². The fraction of sp³-hybridized carbons (Fsp3) is 0.333. The Hall–Kier alpha value is -1.02. The van der Waals surface area contributed by atoms with Gasteiger partial charge >= 0.3 is 0 Å². The molecule has 14 heavy (non-hydrogen) atoms. The SMILES string of the molecule is COc1cccc2sc(C(C)C)cc12. The van der Waals surface area contributed by atoms with Crippen molar-refractivity contribution in [3.8, 4) is 5.75 Å². The van der Waals surface area contributed by atoms with Crippen LogP contribution in [0.4, 0.5) is 0 Å². The molecule has 0 aliphatic carbocycles. The molecule has 2 rings (SSSR count). The Balaban J connectivity index is 2.64. The maximum Gasteiger partial charge on any atom is 0.127 e. The maximum absolute atomic E-state index is 5.33. The molecule has 0 fully saturated rings. The summed E-state index contributed by atoms with van der Waals surface area (Å²) in [5.41, 5.74) is 0. The second-order valence-corrected chi connectivity index (χ2v) is 4.79. The van der Waals surface area contributed by atoms with Crippen molar-refractivity contribution in [2.45, 2.75) is 19.8 Å². The number of ether oxygens (including phenoxy) is 1. The minimum Gasteiger partial charge on any atom is -0.496 e. The van der Waals surface area contributed by atoms with Crippen LogP contribution in [0.2, 0.25) is 0 Å². The predicted octanol–water partition coefficient (Wildman–Crippen LogP) is 4.03. The average molecular weight is 206 g/mol. The predicted molar refractivity (Wildman–Crippen MR) is 62.5 cm³/mol. The molecule has 0 bridgehead atoms. The number of hydrogen-bond donors (Lipinski definition) is 0. The standard InChI is InChI=1S/C12H14OS/c1-8(2)12-7-9-10(13-3)5-4-6-11(9)14-12/h4-8H,1-3H3. The van der Waals surface area contributed by atoms with Crippen LogP contribution < -0.4 is 4.74 Å². The third kappa shape index (κ3) is 1.50. The highest BCUT2D eigenvalue weighted by Gasteiger charge is 2.08. The lowest BCUT2D eigenvalue weighted by atomic mass is 10.1. The average Bonchev–Trinajstić information content (AvgIpc) is 2.60. The smallest absolute Gasteiger partial charge is 0.127 e. The van der Waals surface area contributed by atoms with Crippen molar-refractivity contribution in [2.75, 3.05) is 7.11 Å². The van der Waals surface area contributed by atoms with E-state index >= 15 is 0 Å². The first-order valence-corrected chi connectivity index (χ1v) is 5.60. The van der Waals surface area contributed by atoms with Gasteiger partial charge in [0, 0.05) is 15.0 Å². The van der Waals surface area contributed by atoms with E-state index in [9.17, 15) is 0 Å². The molecule has 2 heteroatoms. The molecule has 0 aliphatic rings. The normalized spacial score (nSPS) is 11.1. The molecule has 0 aliphatic heterocycles. The van der Waals surface area contributed by atoms with Gasteiger partial charge in [0.25, 0.3) is 0 Å². The van der Waals surface area contributed by atoms with Crippen molar-refractivity contribution in [1.82, 2.24) is 0 Å². The van der Waals surface area contributed by atoms with Crippen LogP contribution in [0, 0.1) is 0 Å². The van der Waals surface area contributed by atoms with Crippen LogP contribution in [0.15, 0.2) is 24.3 Å². The van der Waals surface area contributed by atoms with E-state index in [1.165, 1.54) is 15.0 Å². The molecule has 1 nitrogen and oxygen atoms in total. The van der Waals surface area contributed by atoms with Crippen molar-refractivity contribution in [1.29, 1.82) is 0 Å². The summed E-state index contributed by atoms with van der Waals surface area (Å²) in [7, 11) is 1.72. The molecular weight excluding hydrogens is 192 g/mol. The number of methoxy groups -OCH3 is 1. The zero-order valence-corrected chi connectivity index (χ0v) is 9.52. The molecule has 1 aromatic heterocycles. The second-order valence-electron chi connectivity index (χ2n) is 3.68. The van der Waals surface area contributed by atoms with Crippen molar-refractivity contribution in [3.63, 3.8) is 0 Å². The lowest BCUT2D eigenvalue weighted by Crippen LogP contribution is -1.81. The molecule has 0 radical (unpaired) electrons. The Bertz CT molecular complexity index is 443. The fourth-order valence-electron chi connectivity index (χ4n) is 1.52. The van der Waals surface area contributed by atoms with E-state index in [1.54, 1.807) is 7.11 Å². The zero-order valence-electron chi connectivity index (χ0n) is 8.70. The van der Waals surface area contributed by atoms with Crippen molar-refractivity contribution in [2.24, 2.45) is 0 Å². The zero-order chi connectivity index (χ0) is 10.1. The molecule has 0 amide bonds. The number of thiophene rings is 1. The van der Waals surface area contributed by atoms with Gasteiger partial charge in [0.1, 0.15) is 5.75 Å². The van der Waals surface area contributed by atoms with Gasteiger partial charge in [-0.15, -0.1) is 11.3 Å². The van der Waals surface area contributed by atoms with E-state index in [0.717, 1.165) is 5.75 Å². The van der Waals surface area contributed by atoms with Crippen LogP contribution in [0.5, 0.6) is 5.75 Å². The molecule has 1 aromatic carbocycles. The minimum atomic E-state index is 0.595. The fourth-order valence-corrected chi connectivity index (χ4v) is 2.60. The van der Waals surface area contributed by atoms with Crippen molar-refractivity contribution < 1.29 is 4.74 Å². The number of rotatable bonds is 2. The Morgan fingerprint density at radius 3 is 2.71 bits per heavy atom. The van der Waals surface area contributed by atoms with Gasteiger partial charge < -0.3 is 4.74 Å². The van der Waals surface area contributed by atoms with Gasteiger partial charge in [-0.25, -0.2) is 0 Å². The van der Waals surface area contributed by atoms with Crippen LogP contribution in [-0.4, -0.2) is 7.11 Å². The number of fused-ring (bicyclic) bond motifs is 1. The highest BCUT2D eigenvalue weighted by molar-refractivity contribution is 7.19. The lowest BCUT2D eigenvalue weighted by molar-refractivity contribution is 0.420. The molecule has 1 heterocycles. The summed E-state index contributed by atoms with van der Waals surface area (Å²) < 4.78 is 6.64. The third-order valence-electron chi connectivity index (χ3n) is 2.33. The molecule has 0 saturated heterocycles. The molecule has 74 valence electrons. The van der Waals surface area contributed by atoms with Crippen LogP contribution >= 0.6 is 11.3 Å². The van der Waals surface area contributed by atoms with Gasteiger partial charge in [0.15, 0.2) is 0 Å². The van der Waals surface area contributed by atoms with Gasteiger partial charge in [0.05, 0.1) is 7.11 Å². The van der Waals surface area contributed by atoms with E-state index in [0.29, 0.717) is 5.92 Å². The first-order valence-electron chi connectivity index (χ1n) is 4.79. The molecule has 0 saturated carbocycles. The first-order chi connectivity index (χ1) is 6.72. The largest absolute Gasteiger partial charge is 0.496 e. The van der Waals surface area contributed by atoms with Crippen molar-refractivity contribution >= 4 is 21.4 Å². The Labute approximate surface area is 88.3 Å². The van der Waals surface area contributed by atoms with Crippen LogP contribution in [0.25, 0.3) is 10.1 Å². The van der Waals surface area contributed by atoms with Gasteiger partial charge in [-0.1, -0.05) is 19.9 Å². The van der Waals surface area contributed by atoms with Gasteiger partial charge in [0.2, 0.25) is 0 Å².